The third kappa shape index (κ3) is 9.48. The Bertz CT molecular complexity index is 126. The summed E-state index contributed by atoms with van der Waals surface area (Å²) in [5, 5.41) is 5.89. The average molecular weight is 202 g/mol. The molecule has 0 aliphatic rings. The van der Waals surface area contributed by atoms with E-state index in [4.69, 9.17) is 4.74 Å². The van der Waals surface area contributed by atoms with Crippen molar-refractivity contribution in [1.29, 1.82) is 0 Å². The molecule has 0 spiro atoms. The van der Waals surface area contributed by atoms with Crippen LogP contribution in [-0.4, -0.2) is 38.8 Å². The summed E-state index contributed by atoms with van der Waals surface area (Å²) >= 11 is 0. The van der Waals surface area contributed by atoms with E-state index in [1.54, 1.807) is 0 Å². The molecular weight excluding hydrogens is 180 g/mol. The summed E-state index contributed by atoms with van der Waals surface area (Å²) in [6.45, 7) is 7.42. The Morgan fingerprint density at radius 2 is 2.07 bits per heavy atom. The van der Waals surface area contributed by atoms with Crippen LogP contribution in [0, 0.1) is 0 Å². The van der Waals surface area contributed by atoms with Crippen LogP contribution >= 0.6 is 0 Å². The van der Waals surface area contributed by atoms with Crippen LogP contribution in [0.25, 0.3) is 0 Å². The van der Waals surface area contributed by atoms with E-state index < -0.39 is 0 Å². The molecule has 0 rings (SSSR count). The van der Waals surface area contributed by atoms with E-state index in [0.717, 1.165) is 25.9 Å². The lowest BCUT2D eigenvalue weighted by atomic mass is 10.4. The van der Waals surface area contributed by atoms with E-state index in [0.29, 0.717) is 13.2 Å². The highest BCUT2D eigenvalue weighted by Gasteiger charge is 1.98. The van der Waals surface area contributed by atoms with E-state index in [1.165, 1.54) is 0 Å². The van der Waals surface area contributed by atoms with Crippen molar-refractivity contribution in [2.75, 3.05) is 32.8 Å². The lowest BCUT2D eigenvalue weighted by molar-refractivity contribution is -0.125. The fourth-order valence-electron chi connectivity index (χ4n) is 0.929. The van der Waals surface area contributed by atoms with Crippen LogP contribution in [0.5, 0.6) is 0 Å². The lowest BCUT2D eigenvalue weighted by Crippen LogP contribution is -2.34. The zero-order chi connectivity index (χ0) is 10.6. The summed E-state index contributed by atoms with van der Waals surface area (Å²) in [6.07, 6.45) is 2.12. The van der Waals surface area contributed by atoms with E-state index in [9.17, 15) is 4.79 Å². The zero-order valence-corrected chi connectivity index (χ0v) is 9.27. The number of unbranched alkanes of at least 4 members (excludes halogenated alkanes) is 1. The molecular formula is C10H22N2O2. The molecule has 1 amide bonds. The molecule has 0 unspecified atom stereocenters. The van der Waals surface area contributed by atoms with Crippen LogP contribution in [-0.2, 0) is 9.53 Å². The first-order valence-electron chi connectivity index (χ1n) is 5.36. The minimum atomic E-state index is -0.0287. The number of carbonyl (C=O) groups is 1. The van der Waals surface area contributed by atoms with Crippen LogP contribution < -0.4 is 10.6 Å². The quantitative estimate of drug-likeness (QED) is 0.536. The van der Waals surface area contributed by atoms with Crippen molar-refractivity contribution < 1.29 is 9.53 Å². The molecule has 0 aromatic heterocycles. The first-order chi connectivity index (χ1) is 6.81. The molecule has 14 heavy (non-hydrogen) atoms. The van der Waals surface area contributed by atoms with Crippen LogP contribution in [0.4, 0.5) is 0 Å². The summed E-state index contributed by atoms with van der Waals surface area (Å²) < 4.78 is 5.16. The van der Waals surface area contributed by atoms with Crippen molar-refractivity contribution in [2.45, 2.75) is 26.7 Å². The zero-order valence-electron chi connectivity index (χ0n) is 9.27. The topological polar surface area (TPSA) is 50.4 Å². The lowest BCUT2D eigenvalue weighted by Gasteiger charge is -2.05. The molecule has 0 saturated heterocycles. The monoisotopic (exact) mass is 202 g/mol. The Morgan fingerprint density at radius 3 is 2.71 bits per heavy atom. The van der Waals surface area contributed by atoms with Gasteiger partial charge >= 0.3 is 0 Å². The highest BCUT2D eigenvalue weighted by molar-refractivity contribution is 5.77. The summed E-state index contributed by atoms with van der Waals surface area (Å²) in [5.74, 6) is -0.0287. The molecule has 0 bridgehead atoms. The minimum Gasteiger partial charge on any atom is -0.372 e. The normalized spacial score (nSPS) is 10.1. The Hall–Kier alpha value is -0.610. The molecule has 0 heterocycles. The number of nitrogens with one attached hydrogen (secondary N) is 2. The van der Waals surface area contributed by atoms with Crippen molar-refractivity contribution in [3.05, 3.63) is 0 Å². The van der Waals surface area contributed by atoms with Gasteiger partial charge in [-0.15, -0.1) is 0 Å². The first-order valence-corrected chi connectivity index (χ1v) is 5.36. The predicted octanol–water partition coefficient (Wildman–Crippen LogP) is 0.529. The summed E-state index contributed by atoms with van der Waals surface area (Å²) in [5.41, 5.74) is 0. The van der Waals surface area contributed by atoms with Gasteiger partial charge in [-0.3, -0.25) is 4.79 Å². The number of hydrogen-bond donors (Lipinski definition) is 2. The van der Waals surface area contributed by atoms with Gasteiger partial charge in [0.2, 0.25) is 5.91 Å². The Morgan fingerprint density at radius 1 is 1.29 bits per heavy atom. The van der Waals surface area contributed by atoms with Gasteiger partial charge in [0.1, 0.15) is 6.61 Å². The molecule has 0 fully saturated rings. The number of ether oxygens (including phenoxy) is 1. The standard InChI is InChI=1S/C10H22N2O2/c1-3-5-8-14-9-10(13)12-7-6-11-4-2/h11H,3-9H2,1-2H3,(H,12,13). The second-order valence-electron chi connectivity index (χ2n) is 3.11. The van der Waals surface area contributed by atoms with Gasteiger partial charge in [0.25, 0.3) is 0 Å². The minimum absolute atomic E-state index is 0.0287. The van der Waals surface area contributed by atoms with Crippen LogP contribution in [0.1, 0.15) is 26.7 Å². The van der Waals surface area contributed by atoms with Crippen LogP contribution in [0.15, 0.2) is 0 Å². The summed E-state index contributed by atoms with van der Waals surface area (Å²) in [6, 6.07) is 0. The van der Waals surface area contributed by atoms with Crippen molar-refractivity contribution in [1.82, 2.24) is 10.6 Å². The van der Waals surface area contributed by atoms with Crippen molar-refractivity contribution in [3.63, 3.8) is 0 Å². The maximum absolute atomic E-state index is 11.1. The number of carbonyl (C=O) groups excluding carboxylic acids is 1. The van der Waals surface area contributed by atoms with Gasteiger partial charge in [0.05, 0.1) is 0 Å². The Kier molecular flexibility index (Phi) is 10.0. The third-order valence-corrected chi connectivity index (χ3v) is 1.75. The number of hydrogen-bond acceptors (Lipinski definition) is 3. The van der Waals surface area contributed by atoms with Crippen molar-refractivity contribution in [2.24, 2.45) is 0 Å². The molecule has 0 radical (unpaired) electrons. The molecule has 0 aliphatic heterocycles. The fraction of sp³-hybridized carbons (Fsp3) is 0.900. The molecule has 0 aliphatic carbocycles. The molecule has 84 valence electrons. The molecule has 4 heteroatoms. The molecule has 0 saturated carbocycles. The highest BCUT2D eigenvalue weighted by Crippen LogP contribution is 1.86. The Balaban J connectivity index is 3.11. The maximum atomic E-state index is 11.1. The van der Waals surface area contributed by atoms with E-state index in [2.05, 4.69) is 17.6 Å². The predicted molar refractivity (Wildman–Crippen MR) is 57.3 cm³/mol. The second-order valence-corrected chi connectivity index (χ2v) is 3.11. The highest BCUT2D eigenvalue weighted by atomic mass is 16.5. The maximum Gasteiger partial charge on any atom is 0.246 e. The van der Waals surface area contributed by atoms with Gasteiger partial charge in [0.15, 0.2) is 0 Å². The fourth-order valence-corrected chi connectivity index (χ4v) is 0.929. The van der Waals surface area contributed by atoms with Gasteiger partial charge in [-0.25, -0.2) is 0 Å². The SMILES string of the molecule is CCCCOCC(=O)NCCNCC. The first kappa shape index (κ1) is 13.4. The average Bonchev–Trinajstić information content (AvgIpc) is 2.19. The van der Waals surface area contributed by atoms with Gasteiger partial charge in [-0.2, -0.15) is 0 Å². The molecule has 0 aromatic rings. The number of likely N-dealkylation sites (N-methyl/N-ethyl adjacent to an activating group) is 1. The van der Waals surface area contributed by atoms with Crippen LogP contribution in [0.2, 0.25) is 0 Å². The third-order valence-electron chi connectivity index (χ3n) is 1.75. The number of rotatable bonds is 9. The van der Waals surface area contributed by atoms with Gasteiger partial charge in [-0.05, 0) is 13.0 Å². The van der Waals surface area contributed by atoms with Crippen molar-refractivity contribution >= 4 is 5.91 Å². The molecule has 4 nitrogen and oxygen atoms in total. The molecule has 0 aromatic carbocycles. The Labute approximate surface area is 86.4 Å². The van der Waals surface area contributed by atoms with Crippen LogP contribution in [0.3, 0.4) is 0 Å². The van der Waals surface area contributed by atoms with Gasteiger partial charge in [-0.1, -0.05) is 20.3 Å². The summed E-state index contributed by atoms with van der Waals surface area (Å²) in [4.78, 5) is 11.1. The summed E-state index contributed by atoms with van der Waals surface area (Å²) in [7, 11) is 0. The molecule has 2 N–H and O–H groups in total. The van der Waals surface area contributed by atoms with Gasteiger partial charge in [0, 0.05) is 19.7 Å². The number of amides is 1. The largest absolute Gasteiger partial charge is 0.372 e. The van der Waals surface area contributed by atoms with E-state index in [1.807, 2.05) is 6.92 Å². The van der Waals surface area contributed by atoms with Crippen molar-refractivity contribution in [3.8, 4) is 0 Å². The smallest absolute Gasteiger partial charge is 0.246 e. The molecule has 0 atom stereocenters. The van der Waals surface area contributed by atoms with E-state index >= 15 is 0 Å². The van der Waals surface area contributed by atoms with Gasteiger partial charge < -0.3 is 15.4 Å². The second kappa shape index (κ2) is 10.5. The van der Waals surface area contributed by atoms with E-state index in [-0.39, 0.29) is 12.5 Å².